The van der Waals surface area contributed by atoms with Gasteiger partial charge in [-0.1, -0.05) is 42.0 Å². The quantitative estimate of drug-likeness (QED) is 0.269. The lowest BCUT2D eigenvalue weighted by molar-refractivity contribution is -0.137. The normalized spacial score (nSPS) is 11.7. The van der Waals surface area contributed by atoms with E-state index in [0.29, 0.717) is 24.6 Å². The van der Waals surface area contributed by atoms with Crippen molar-refractivity contribution in [2.24, 2.45) is 0 Å². The number of aromatic nitrogens is 3. The third-order valence-electron chi connectivity index (χ3n) is 5.80. The van der Waals surface area contributed by atoms with Crippen LogP contribution < -0.4 is 15.4 Å². The molecule has 0 amide bonds. The number of aliphatic carboxylic acids is 1. The van der Waals surface area contributed by atoms with E-state index in [9.17, 15) is 9.90 Å². The second-order valence-corrected chi connectivity index (χ2v) is 9.41. The molecule has 0 aliphatic rings. The van der Waals surface area contributed by atoms with Crippen molar-refractivity contribution in [3.8, 4) is 16.3 Å². The number of nitrogens with one attached hydrogen (secondary N) is 2. The van der Waals surface area contributed by atoms with Crippen LogP contribution in [0.25, 0.3) is 10.6 Å². The molecular weight excluding hydrogens is 474 g/mol. The van der Waals surface area contributed by atoms with Gasteiger partial charge in [-0.15, -0.1) is 0 Å². The summed E-state index contributed by atoms with van der Waals surface area (Å²) in [6.45, 7) is 6.47. The fourth-order valence-electron chi connectivity index (χ4n) is 4.05. The van der Waals surface area contributed by atoms with Gasteiger partial charge in [0.1, 0.15) is 22.6 Å². The molecule has 0 spiro atoms. The first-order valence-electron chi connectivity index (χ1n) is 11.6. The zero-order valence-corrected chi connectivity index (χ0v) is 21.5. The van der Waals surface area contributed by atoms with Crippen molar-refractivity contribution in [2.75, 3.05) is 17.7 Å². The molecular formula is C27H29N5O3S. The summed E-state index contributed by atoms with van der Waals surface area (Å²) in [4.78, 5) is 20.9. The first-order valence-corrected chi connectivity index (χ1v) is 12.3. The minimum absolute atomic E-state index is 0.362. The number of aryl methyl sites for hydroxylation is 3. The first kappa shape index (κ1) is 25.1. The highest BCUT2D eigenvalue weighted by Gasteiger charge is 2.20. The lowest BCUT2D eigenvalue weighted by atomic mass is 10.0. The Hall–Kier alpha value is -3.98. The molecule has 2 aromatic heterocycles. The van der Waals surface area contributed by atoms with Crippen LogP contribution in [0, 0.1) is 20.8 Å². The molecule has 4 rings (SSSR count). The molecule has 0 aliphatic carbocycles. The van der Waals surface area contributed by atoms with Crippen molar-refractivity contribution in [3.05, 3.63) is 82.8 Å². The van der Waals surface area contributed by atoms with Crippen LogP contribution in [0.15, 0.2) is 54.7 Å². The van der Waals surface area contributed by atoms with E-state index in [2.05, 4.69) is 37.1 Å². The Balaban J connectivity index is 1.40. The number of methoxy groups -OCH3 is 1. The summed E-state index contributed by atoms with van der Waals surface area (Å²) in [5.74, 6) is 1.20. The van der Waals surface area contributed by atoms with Gasteiger partial charge < -0.3 is 20.5 Å². The van der Waals surface area contributed by atoms with Crippen LogP contribution in [0.5, 0.6) is 5.75 Å². The predicted octanol–water partition coefficient (Wildman–Crippen LogP) is 5.25. The summed E-state index contributed by atoms with van der Waals surface area (Å²) >= 11 is 1.32. The van der Waals surface area contributed by atoms with Gasteiger partial charge in [0.15, 0.2) is 5.82 Å². The van der Waals surface area contributed by atoms with Crippen LogP contribution in [0.2, 0.25) is 0 Å². The molecule has 8 nitrogen and oxygen atoms in total. The Morgan fingerprint density at radius 3 is 2.47 bits per heavy atom. The third-order valence-corrected chi connectivity index (χ3v) is 6.60. The molecule has 4 aromatic rings. The van der Waals surface area contributed by atoms with Crippen molar-refractivity contribution in [1.29, 1.82) is 0 Å². The molecule has 0 aliphatic heterocycles. The van der Waals surface area contributed by atoms with Gasteiger partial charge in [0.2, 0.25) is 0 Å². The highest BCUT2D eigenvalue weighted by Crippen LogP contribution is 2.25. The van der Waals surface area contributed by atoms with Crippen LogP contribution >= 0.6 is 11.5 Å². The van der Waals surface area contributed by atoms with E-state index < -0.39 is 12.0 Å². The number of ether oxygens (including phenoxy) is 1. The maximum absolute atomic E-state index is 12.0. The van der Waals surface area contributed by atoms with Crippen LogP contribution in [0.4, 0.5) is 11.5 Å². The maximum atomic E-state index is 12.0. The van der Waals surface area contributed by atoms with Crippen molar-refractivity contribution in [2.45, 2.75) is 39.8 Å². The van der Waals surface area contributed by atoms with Gasteiger partial charge in [0, 0.05) is 29.9 Å². The van der Waals surface area contributed by atoms with Crippen LogP contribution in [0.3, 0.4) is 0 Å². The van der Waals surface area contributed by atoms with Gasteiger partial charge in [-0.3, -0.25) is 0 Å². The Bertz CT molecular complexity index is 1330. The highest BCUT2D eigenvalue weighted by atomic mass is 32.1. The Morgan fingerprint density at radius 1 is 1.08 bits per heavy atom. The molecule has 1 atom stereocenters. The molecule has 186 valence electrons. The van der Waals surface area contributed by atoms with E-state index in [1.807, 2.05) is 51.1 Å². The van der Waals surface area contributed by atoms with E-state index in [1.54, 1.807) is 19.4 Å². The summed E-state index contributed by atoms with van der Waals surface area (Å²) in [6.07, 6.45) is 2.04. The Labute approximate surface area is 214 Å². The number of carboxylic acid groups (broad SMARTS) is 1. The summed E-state index contributed by atoms with van der Waals surface area (Å²) < 4.78 is 9.65. The van der Waals surface area contributed by atoms with Gasteiger partial charge in [-0.2, -0.15) is 4.37 Å². The second kappa shape index (κ2) is 11.2. The zero-order chi connectivity index (χ0) is 25.7. The number of pyridine rings is 1. The molecule has 0 saturated carbocycles. The van der Waals surface area contributed by atoms with Gasteiger partial charge in [-0.05, 0) is 55.1 Å². The summed E-state index contributed by atoms with van der Waals surface area (Å²) in [5.41, 5.74) is 5.98. The van der Waals surface area contributed by atoms with Gasteiger partial charge in [-0.25, -0.2) is 14.8 Å². The van der Waals surface area contributed by atoms with Gasteiger partial charge >= 0.3 is 5.97 Å². The molecule has 0 radical (unpaired) electrons. The number of carbonyl (C=O) groups is 1. The predicted molar refractivity (Wildman–Crippen MR) is 143 cm³/mol. The van der Waals surface area contributed by atoms with E-state index in [0.717, 1.165) is 44.3 Å². The molecule has 0 fully saturated rings. The molecule has 0 bridgehead atoms. The van der Waals surface area contributed by atoms with E-state index in [1.165, 1.54) is 11.5 Å². The van der Waals surface area contributed by atoms with E-state index in [4.69, 9.17) is 4.74 Å². The zero-order valence-electron chi connectivity index (χ0n) is 20.7. The average molecular weight is 504 g/mol. The fraction of sp³-hybridized carbons (Fsp3) is 0.259. The number of rotatable bonds is 10. The minimum atomic E-state index is -0.884. The average Bonchev–Trinajstić information content (AvgIpc) is 3.33. The van der Waals surface area contributed by atoms with E-state index >= 15 is 0 Å². The van der Waals surface area contributed by atoms with Crippen LogP contribution in [-0.2, 0) is 17.8 Å². The summed E-state index contributed by atoms with van der Waals surface area (Å²) in [6, 6.07) is 14.8. The third kappa shape index (κ3) is 6.17. The Morgan fingerprint density at radius 2 is 1.81 bits per heavy atom. The summed E-state index contributed by atoms with van der Waals surface area (Å²) in [5, 5.41) is 17.1. The highest BCUT2D eigenvalue weighted by molar-refractivity contribution is 7.09. The standard InChI is InChI=1S/C27H29N5O3S/c1-16-11-17(2)25(18(3)12-16)30-22(27(33)34)13-19-5-7-20(8-6-19)26-31-24(32-36-26)15-29-23-14-21(35-4)9-10-28-23/h5-12,14,22,30H,13,15H2,1-4H3,(H,28,29)(H,33,34). The second-order valence-electron chi connectivity index (χ2n) is 8.66. The number of nitrogens with zero attached hydrogens (tertiary/aromatic N) is 3. The lowest BCUT2D eigenvalue weighted by Gasteiger charge is -2.20. The van der Waals surface area contributed by atoms with Crippen molar-refractivity contribution >= 4 is 29.0 Å². The number of anilines is 2. The maximum Gasteiger partial charge on any atom is 0.326 e. The lowest BCUT2D eigenvalue weighted by Crippen LogP contribution is -2.32. The largest absolute Gasteiger partial charge is 0.497 e. The molecule has 0 saturated heterocycles. The topological polar surface area (TPSA) is 109 Å². The summed E-state index contributed by atoms with van der Waals surface area (Å²) in [7, 11) is 1.61. The molecule has 3 N–H and O–H groups in total. The van der Waals surface area contributed by atoms with Crippen molar-refractivity contribution in [1.82, 2.24) is 14.3 Å². The number of hydrogen-bond donors (Lipinski definition) is 3. The minimum Gasteiger partial charge on any atom is -0.497 e. The van der Waals surface area contributed by atoms with Gasteiger partial charge in [0.25, 0.3) is 0 Å². The first-order chi connectivity index (χ1) is 17.3. The Kier molecular flexibility index (Phi) is 7.80. The number of hydrogen-bond acceptors (Lipinski definition) is 8. The molecule has 1 unspecified atom stereocenters. The molecule has 2 heterocycles. The molecule has 2 aromatic carbocycles. The van der Waals surface area contributed by atoms with Gasteiger partial charge in [0.05, 0.1) is 13.7 Å². The van der Waals surface area contributed by atoms with Crippen molar-refractivity contribution in [3.63, 3.8) is 0 Å². The van der Waals surface area contributed by atoms with E-state index in [-0.39, 0.29) is 0 Å². The smallest absolute Gasteiger partial charge is 0.326 e. The fourth-order valence-corrected chi connectivity index (χ4v) is 4.73. The molecule has 36 heavy (non-hydrogen) atoms. The van der Waals surface area contributed by atoms with Crippen molar-refractivity contribution < 1.29 is 14.6 Å². The number of carboxylic acids is 1. The number of benzene rings is 2. The SMILES string of the molecule is COc1ccnc(NCc2nsc(-c3ccc(CC(Nc4c(C)cc(C)cc4C)C(=O)O)cc3)n2)c1. The van der Waals surface area contributed by atoms with Crippen LogP contribution in [-0.4, -0.2) is 38.6 Å². The van der Waals surface area contributed by atoms with Crippen LogP contribution in [0.1, 0.15) is 28.1 Å². The monoisotopic (exact) mass is 503 g/mol. The molecule has 9 heteroatoms.